The largest absolute Gasteiger partial charge is 0.378 e. The van der Waals surface area contributed by atoms with Crippen LogP contribution in [0.3, 0.4) is 0 Å². The third kappa shape index (κ3) is 3.73. The predicted molar refractivity (Wildman–Crippen MR) is 103 cm³/mol. The Balaban J connectivity index is 1.66. The molecule has 1 N–H and O–H groups in total. The number of amides is 2. The van der Waals surface area contributed by atoms with Gasteiger partial charge in [0.15, 0.2) is 11.6 Å². The van der Waals surface area contributed by atoms with Crippen molar-refractivity contribution in [1.29, 1.82) is 0 Å². The fourth-order valence-electron chi connectivity index (χ4n) is 3.76. The number of hydrogen-bond donors (Lipinski definition) is 1. The minimum absolute atomic E-state index is 0.0201. The summed E-state index contributed by atoms with van der Waals surface area (Å²) < 4.78 is 11.1. The van der Waals surface area contributed by atoms with Crippen LogP contribution in [0.15, 0.2) is 34.9 Å². The van der Waals surface area contributed by atoms with E-state index in [-0.39, 0.29) is 17.9 Å². The lowest BCUT2D eigenvalue weighted by molar-refractivity contribution is -0.119. The molecule has 1 atom stereocenters. The minimum Gasteiger partial charge on any atom is -0.378 e. The van der Waals surface area contributed by atoms with Crippen molar-refractivity contribution in [3.63, 3.8) is 0 Å². The summed E-state index contributed by atoms with van der Waals surface area (Å²) in [5.74, 6) is 0.850. The molecule has 3 heterocycles. The highest BCUT2D eigenvalue weighted by molar-refractivity contribution is 6.04. The normalized spacial score (nSPS) is 19.7. The summed E-state index contributed by atoms with van der Waals surface area (Å²) in [5.41, 5.74) is 1.30. The van der Waals surface area contributed by atoms with Gasteiger partial charge in [0.05, 0.1) is 13.2 Å². The number of carbonyl (C=O) groups is 2. The molecule has 2 aromatic rings. The van der Waals surface area contributed by atoms with Crippen molar-refractivity contribution in [1.82, 2.24) is 15.4 Å². The Hall–Kier alpha value is -2.87. The third-order valence-electron chi connectivity index (χ3n) is 5.12. The van der Waals surface area contributed by atoms with E-state index in [2.05, 4.69) is 10.5 Å². The van der Waals surface area contributed by atoms with Crippen LogP contribution in [0.5, 0.6) is 0 Å². The zero-order chi connectivity index (χ0) is 19.5. The fourth-order valence-corrected chi connectivity index (χ4v) is 3.76. The van der Waals surface area contributed by atoms with Gasteiger partial charge in [-0.1, -0.05) is 35.5 Å². The molecule has 2 aliphatic rings. The van der Waals surface area contributed by atoms with Crippen molar-refractivity contribution in [2.24, 2.45) is 0 Å². The van der Waals surface area contributed by atoms with E-state index >= 15 is 0 Å². The molecular weight excluding hydrogens is 360 g/mol. The standard InChI is InChI=1S/C20H24N4O4/c1-14(25)21-16-7-8-24(13-16)20(26)17-18(15-5-3-2-4-6-15)28-22-19(17)23-9-11-27-12-10-23/h2-6,16H,7-13H2,1H3,(H,21,25)/t16-/m0/s1. The summed E-state index contributed by atoms with van der Waals surface area (Å²) in [6.45, 7) is 5.08. The second kappa shape index (κ2) is 8.02. The van der Waals surface area contributed by atoms with E-state index in [0.717, 1.165) is 12.0 Å². The summed E-state index contributed by atoms with van der Waals surface area (Å²) >= 11 is 0. The Labute approximate surface area is 163 Å². The smallest absolute Gasteiger partial charge is 0.261 e. The van der Waals surface area contributed by atoms with Gasteiger partial charge >= 0.3 is 0 Å². The quantitative estimate of drug-likeness (QED) is 0.860. The Bertz CT molecular complexity index is 845. The van der Waals surface area contributed by atoms with Crippen LogP contribution in [-0.4, -0.2) is 67.3 Å². The molecule has 8 nitrogen and oxygen atoms in total. The number of benzene rings is 1. The van der Waals surface area contributed by atoms with Crippen LogP contribution in [0.4, 0.5) is 5.82 Å². The van der Waals surface area contributed by atoms with E-state index in [1.807, 2.05) is 35.2 Å². The van der Waals surface area contributed by atoms with Crippen molar-refractivity contribution < 1.29 is 18.8 Å². The number of rotatable bonds is 4. The van der Waals surface area contributed by atoms with Crippen LogP contribution in [0.1, 0.15) is 23.7 Å². The molecule has 4 rings (SSSR count). The van der Waals surface area contributed by atoms with Gasteiger partial charge in [-0.05, 0) is 6.42 Å². The molecule has 28 heavy (non-hydrogen) atoms. The number of aromatic nitrogens is 1. The molecule has 0 spiro atoms. The SMILES string of the molecule is CC(=O)N[C@H]1CCN(C(=O)c2c(N3CCOCC3)noc2-c2ccccc2)C1. The van der Waals surface area contributed by atoms with Gasteiger partial charge in [-0.3, -0.25) is 9.59 Å². The Morgan fingerprint density at radius 2 is 1.89 bits per heavy atom. The van der Waals surface area contributed by atoms with Gasteiger partial charge in [0.2, 0.25) is 5.91 Å². The molecule has 0 unspecified atom stereocenters. The predicted octanol–water partition coefficient (Wildman–Crippen LogP) is 1.53. The third-order valence-corrected chi connectivity index (χ3v) is 5.12. The molecule has 8 heteroatoms. The number of nitrogens with zero attached hydrogens (tertiary/aromatic N) is 3. The molecule has 1 aromatic carbocycles. The van der Waals surface area contributed by atoms with Gasteiger partial charge in [0.1, 0.15) is 5.56 Å². The first-order chi connectivity index (χ1) is 13.6. The molecular formula is C20H24N4O4. The molecule has 2 saturated heterocycles. The lowest BCUT2D eigenvalue weighted by Gasteiger charge is -2.27. The number of nitrogens with one attached hydrogen (secondary N) is 1. The van der Waals surface area contributed by atoms with Crippen LogP contribution >= 0.6 is 0 Å². The monoisotopic (exact) mass is 384 g/mol. The highest BCUT2D eigenvalue weighted by atomic mass is 16.5. The first-order valence-electron chi connectivity index (χ1n) is 9.57. The number of carbonyl (C=O) groups excluding carboxylic acids is 2. The fraction of sp³-hybridized carbons (Fsp3) is 0.450. The molecule has 0 saturated carbocycles. The van der Waals surface area contributed by atoms with Gasteiger partial charge in [0.25, 0.3) is 5.91 Å². The van der Waals surface area contributed by atoms with Gasteiger partial charge < -0.3 is 24.4 Å². The number of morpholine rings is 1. The van der Waals surface area contributed by atoms with Crippen LogP contribution in [-0.2, 0) is 9.53 Å². The molecule has 148 valence electrons. The van der Waals surface area contributed by atoms with Crippen molar-refractivity contribution in [2.75, 3.05) is 44.3 Å². The van der Waals surface area contributed by atoms with Gasteiger partial charge in [0, 0.05) is 44.7 Å². The lowest BCUT2D eigenvalue weighted by Crippen LogP contribution is -2.39. The number of likely N-dealkylation sites (tertiary alicyclic amines) is 1. The van der Waals surface area contributed by atoms with E-state index in [9.17, 15) is 9.59 Å². The molecule has 0 radical (unpaired) electrons. The summed E-state index contributed by atoms with van der Waals surface area (Å²) in [6.07, 6.45) is 0.740. The summed E-state index contributed by atoms with van der Waals surface area (Å²) in [6, 6.07) is 9.53. The van der Waals surface area contributed by atoms with Crippen LogP contribution in [0.2, 0.25) is 0 Å². The molecule has 2 aliphatic heterocycles. The van der Waals surface area contributed by atoms with Gasteiger partial charge in [-0.25, -0.2) is 0 Å². The van der Waals surface area contributed by atoms with Crippen LogP contribution in [0.25, 0.3) is 11.3 Å². The number of hydrogen-bond acceptors (Lipinski definition) is 6. The van der Waals surface area contributed by atoms with E-state index in [1.165, 1.54) is 6.92 Å². The Morgan fingerprint density at radius 3 is 2.61 bits per heavy atom. The Kier molecular flexibility index (Phi) is 5.29. The van der Waals surface area contributed by atoms with E-state index in [0.29, 0.717) is 56.5 Å². The second-order valence-corrected chi connectivity index (χ2v) is 7.11. The van der Waals surface area contributed by atoms with Gasteiger partial charge in [-0.15, -0.1) is 0 Å². The summed E-state index contributed by atoms with van der Waals surface area (Å²) in [4.78, 5) is 28.6. The molecule has 0 aliphatic carbocycles. The maximum atomic E-state index is 13.5. The average molecular weight is 384 g/mol. The average Bonchev–Trinajstić information content (AvgIpc) is 3.35. The first kappa shape index (κ1) is 18.5. The number of anilines is 1. The second-order valence-electron chi connectivity index (χ2n) is 7.11. The van der Waals surface area contributed by atoms with Crippen molar-refractivity contribution >= 4 is 17.6 Å². The highest BCUT2D eigenvalue weighted by Gasteiger charge is 2.34. The van der Waals surface area contributed by atoms with Crippen LogP contribution < -0.4 is 10.2 Å². The summed E-state index contributed by atoms with van der Waals surface area (Å²) in [5, 5.41) is 7.15. The van der Waals surface area contributed by atoms with E-state index in [4.69, 9.17) is 9.26 Å². The zero-order valence-corrected chi connectivity index (χ0v) is 15.9. The first-order valence-corrected chi connectivity index (χ1v) is 9.57. The van der Waals surface area contributed by atoms with Crippen molar-refractivity contribution in [2.45, 2.75) is 19.4 Å². The van der Waals surface area contributed by atoms with E-state index < -0.39 is 0 Å². The number of ether oxygens (including phenoxy) is 1. The Morgan fingerprint density at radius 1 is 1.14 bits per heavy atom. The lowest BCUT2D eigenvalue weighted by atomic mass is 10.1. The molecule has 1 aromatic heterocycles. The minimum atomic E-state index is -0.116. The highest BCUT2D eigenvalue weighted by Crippen LogP contribution is 2.33. The molecule has 2 amide bonds. The van der Waals surface area contributed by atoms with Crippen LogP contribution in [0, 0.1) is 0 Å². The summed E-state index contributed by atoms with van der Waals surface area (Å²) in [7, 11) is 0. The maximum absolute atomic E-state index is 13.5. The van der Waals surface area contributed by atoms with E-state index in [1.54, 1.807) is 4.90 Å². The van der Waals surface area contributed by atoms with Crippen molar-refractivity contribution in [3.8, 4) is 11.3 Å². The van der Waals surface area contributed by atoms with Gasteiger partial charge in [-0.2, -0.15) is 0 Å². The van der Waals surface area contributed by atoms with Crippen molar-refractivity contribution in [3.05, 3.63) is 35.9 Å². The maximum Gasteiger partial charge on any atom is 0.261 e. The molecule has 0 bridgehead atoms. The zero-order valence-electron chi connectivity index (χ0n) is 15.9. The topological polar surface area (TPSA) is 87.9 Å². The molecule has 2 fully saturated rings.